The minimum atomic E-state index is 0.0879. The van der Waals surface area contributed by atoms with Crippen LogP contribution in [0, 0.1) is 0 Å². The molecule has 20 heavy (non-hydrogen) atoms. The zero-order valence-electron chi connectivity index (χ0n) is 11.7. The highest BCUT2D eigenvalue weighted by molar-refractivity contribution is 6.30. The van der Waals surface area contributed by atoms with Gasteiger partial charge in [-0.05, 0) is 42.7 Å². The van der Waals surface area contributed by atoms with Crippen molar-refractivity contribution in [2.45, 2.75) is 25.8 Å². The number of hydrogen-bond donors (Lipinski definition) is 1. The van der Waals surface area contributed by atoms with Crippen molar-refractivity contribution in [2.75, 3.05) is 6.61 Å². The lowest BCUT2D eigenvalue weighted by Gasteiger charge is -2.13. The molecular weight excluding hydrogens is 270 g/mol. The third kappa shape index (κ3) is 4.55. The predicted molar refractivity (Wildman–Crippen MR) is 84.4 cm³/mol. The van der Waals surface area contributed by atoms with E-state index in [4.69, 9.17) is 22.1 Å². The number of rotatable bonds is 6. The summed E-state index contributed by atoms with van der Waals surface area (Å²) < 4.78 is 5.88. The third-order valence-corrected chi connectivity index (χ3v) is 3.29. The second kappa shape index (κ2) is 7.32. The highest BCUT2D eigenvalue weighted by Crippen LogP contribution is 2.24. The van der Waals surface area contributed by atoms with E-state index in [1.165, 1.54) is 5.56 Å². The Bertz CT molecular complexity index is 540. The van der Waals surface area contributed by atoms with Crippen molar-refractivity contribution in [1.29, 1.82) is 0 Å². The molecule has 0 aliphatic heterocycles. The Morgan fingerprint density at radius 1 is 1.15 bits per heavy atom. The van der Waals surface area contributed by atoms with Crippen LogP contribution < -0.4 is 10.5 Å². The van der Waals surface area contributed by atoms with Crippen molar-refractivity contribution in [3.63, 3.8) is 0 Å². The lowest BCUT2D eigenvalue weighted by Crippen LogP contribution is -2.18. The van der Waals surface area contributed by atoms with E-state index in [2.05, 4.69) is 12.1 Å². The molecule has 106 valence electrons. The summed E-state index contributed by atoms with van der Waals surface area (Å²) in [5, 5.41) is 0.719. The maximum atomic E-state index is 6.03. The lowest BCUT2D eigenvalue weighted by atomic mass is 10.1. The average Bonchev–Trinajstić information content (AvgIpc) is 2.42. The largest absolute Gasteiger partial charge is 0.493 e. The highest BCUT2D eigenvalue weighted by atomic mass is 35.5. The summed E-state index contributed by atoms with van der Waals surface area (Å²) in [6.07, 6.45) is 1.66. The fourth-order valence-electron chi connectivity index (χ4n) is 2.12. The topological polar surface area (TPSA) is 35.2 Å². The van der Waals surface area contributed by atoms with Gasteiger partial charge in [-0.3, -0.25) is 0 Å². The number of nitrogens with two attached hydrogens (primary N) is 1. The number of hydrogen-bond acceptors (Lipinski definition) is 2. The van der Waals surface area contributed by atoms with Crippen molar-refractivity contribution in [1.82, 2.24) is 0 Å². The Hall–Kier alpha value is -1.51. The SMILES string of the molecule is CC(N)Cc1cc(Cl)ccc1OCCc1ccccc1. The molecule has 2 aromatic rings. The maximum Gasteiger partial charge on any atom is 0.122 e. The van der Waals surface area contributed by atoms with Crippen LogP contribution in [0.3, 0.4) is 0 Å². The van der Waals surface area contributed by atoms with Gasteiger partial charge < -0.3 is 10.5 Å². The van der Waals surface area contributed by atoms with Crippen molar-refractivity contribution in [3.8, 4) is 5.75 Å². The predicted octanol–water partition coefficient (Wildman–Crippen LogP) is 3.85. The molecule has 1 unspecified atom stereocenters. The van der Waals surface area contributed by atoms with Crippen LogP contribution in [0.5, 0.6) is 5.75 Å². The van der Waals surface area contributed by atoms with Gasteiger partial charge in [-0.25, -0.2) is 0 Å². The first kappa shape index (κ1) is 14.9. The van der Waals surface area contributed by atoms with E-state index < -0.39 is 0 Å². The van der Waals surface area contributed by atoms with Crippen molar-refractivity contribution in [3.05, 3.63) is 64.7 Å². The zero-order valence-corrected chi connectivity index (χ0v) is 12.4. The summed E-state index contributed by atoms with van der Waals surface area (Å²) >= 11 is 6.03. The molecule has 0 saturated heterocycles. The molecule has 0 saturated carbocycles. The minimum Gasteiger partial charge on any atom is -0.493 e. The average molecular weight is 290 g/mol. The van der Waals surface area contributed by atoms with Crippen molar-refractivity contribution < 1.29 is 4.74 Å². The summed E-state index contributed by atoms with van der Waals surface area (Å²) in [7, 11) is 0. The summed E-state index contributed by atoms with van der Waals surface area (Å²) in [4.78, 5) is 0. The quantitative estimate of drug-likeness (QED) is 0.876. The van der Waals surface area contributed by atoms with E-state index in [9.17, 15) is 0 Å². The van der Waals surface area contributed by atoms with E-state index in [0.29, 0.717) is 6.61 Å². The first-order valence-electron chi connectivity index (χ1n) is 6.86. The smallest absolute Gasteiger partial charge is 0.122 e. The fraction of sp³-hybridized carbons (Fsp3) is 0.294. The zero-order chi connectivity index (χ0) is 14.4. The summed E-state index contributed by atoms with van der Waals surface area (Å²) in [5.74, 6) is 0.877. The van der Waals surface area contributed by atoms with Gasteiger partial charge in [0.2, 0.25) is 0 Å². The first-order chi connectivity index (χ1) is 9.65. The molecule has 0 aromatic heterocycles. The van der Waals surface area contributed by atoms with E-state index in [1.54, 1.807) is 0 Å². The molecule has 0 heterocycles. The molecule has 0 aliphatic carbocycles. The van der Waals surface area contributed by atoms with E-state index in [1.807, 2.05) is 43.3 Å². The van der Waals surface area contributed by atoms with E-state index in [-0.39, 0.29) is 6.04 Å². The minimum absolute atomic E-state index is 0.0879. The third-order valence-electron chi connectivity index (χ3n) is 3.06. The molecule has 2 aromatic carbocycles. The summed E-state index contributed by atoms with van der Waals surface area (Å²) in [5.41, 5.74) is 8.21. The Morgan fingerprint density at radius 2 is 1.90 bits per heavy atom. The number of ether oxygens (including phenoxy) is 1. The van der Waals surface area contributed by atoms with Gasteiger partial charge in [-0.1, -0.05) is 41.9 Å². The standard InChI is InChI=1S/C17H20ClNO/c1-13(19)11-15-12-16(18)7-8-17(15)20-10-9-14-5-3-2-4-6-14/h2-8,12-13H,9-11,19H2,1H3. The van der Waals surface area contributed by atoms with Gasteiger partial charge in [-0.2, -0.15) is 0 Å². The van der Waals surface area contributed by atoms with Crippen LogP contribution in [0.1, 0.15) is 18.1 Å². The Balaban J connectivity index is 1.98. The van der Waals surface area contributed by atoms with Crippen LogP contribution in [0.4, 0.5) is 0 Å². The van der Waals surface area contributed by atoms with Gasteiger partial charge in [0.25, 0.3) is 0 Å². The molecule has 1 atom stereocenters. The van der Waals surface area contributed by atoms with Crippen LogP contribution in [-0.4, -0.2) is 12.6 Å². The van der Waals surface area contributed by atoms with E-state index in [0.717, 1.165) is 29.2 Å². The molecule has 2 nitrogen and oxygen atoms in total. The number of benzene rings is 2. The Morgan fingerprint density at radius 3 is 2.60 bits per heavy atom. The van der Waals surface area contributed by atoms with Gasteiger partial charge in [0.15, 0.2) is 0 Å². The van der Waals surface area contributed by atoms with Gasteiger partial charge in [0.1, 0.15) is 5.75 Å². The molecule has 0 bridgehead atoms. The van der Waals surface area contributed by atoms with Crippen LogP contribution in [-0.2, 0) is 12.8 Å². The monoisotopic (exact) mass is 289 g/mol. The summed E-state index contributed by atoms with van der Waals surface area (Å²) in [6.45, 7) is 2.63. The van der Waals surface area contributed by atoms with Gasteiger partial charge in [0.05, 0.1) is 6.61 Å². The van der Waals surface area contributed by atoms with Crippen LogP contribution in [0.15, 0.2) is 48.5 Å². The second-order valence-corrected chi connectivity index (χ2v) is 5.45. The Kier molecular flexibility index (Phi) is 5.45. The molecule has 2 N–H and O–H groups in total. The fourth-order valence-corrected chi connectivity index (χ4v) is 2.31. The maximum absolute atomic E-state index is 6.03. The molecule has 0 fully saturated rings. The van der Waals surface area contributed by atoms with Crippen molar-refractivity contribution >= 4 is 11.6 Å². The van der Waals surface area contributed by atoms with E-state index >= 15 is 0 Å². The number of halogens is 1. The van der Waals surface area contributed by atoms with Crippen molar-refractivity contribution in [2.24, 2.45) is 5.73 Å². The molecule has 0 aliphatic rings. The second-order valence-electron chi connectivity index (χ2n) is 5.02. The molecular formula is C17H20ClNO. The lowest BCUT2D eigenvalue weighted by molar-refractivity contribution is 0.318. The summed E-state index contributed by atoms with van der Waals surface area (Å²) in [6, 6.07) is 16.1. The molecule has 0 spiro atoms. The van der Waals surface area contributed by atoms with Gasteiger partial charge >= 0.3 is 0 Å². The molecule has 0 radical (unpaired) electrons. The molecule has 3 heteroatoms. The van der Waals surface area contributed by atoms with Crippen LogP contribution >= 0.6 is 11.6 Å². The first-order valence-corrected chi connectivity index (χ1v) is 7.23. The molecule has 0 amide bonds. The van der Waals surface area contributed by atoms with Crippen LogP contribution in [0.2, 0.25) is 5.02 Å². The normalized spacial score (nSPS) is 12.2. The van der Waals surface area contributed by atoms with Crippen LogP contribution in [0.25, 0.3) is 0 Å². The highest BCUT2D eigenvalue weighted by Gasteiger charge is 2.07. The Labute approximate surface area is 125 Å². The molecule has 2 rings (SSSR count). The van der Waals surface area contributed by atoms with Gasteiger partial charge in [0, 0.05) is 17.5 Å². The van der Waals surface area contributed by atoms with Gasteiger partial charge in [-0.15, -0.1) is 0 Å².